The molecule has 1 N–H and O–H groups in total. The number of halogens is 2. The van der Waals surface area contributed by atoms with Gasteiger partial charge in [0.2, 0.25) is 0 Å². The Morgan fingerprint density at radius 3 is 2.67 bits per heavy atom. The van der Waals surface area contributed by atoms with Crippen molar-refractivity contribution in [1.29, 1.82) is 0 Å². The van der Waals surface area contributed by atoms with Crippen LogP contribution in [0.4, 0.5) is 10.1 Å². The van der Waals surface area contributed by atoms with Crippen molar-refractivity contribution in [2.75, 3.05) is 5.32 Å². The van der Waals surface area contributed by atoms with Crippen molar-refractivity contribution >= 4 is 40.1 Å². The molecule has 0 aliphatic rings. The van der Waals surface area contributed by atoms with Crippen LogP contribution in [0.3, 0.4) is 0 Å². The van der Waals surface area contributed by atoms with E-state index in [1.165, 1.54) is 19.1 Å². The van der Waals surface area contributed by atoms with Crippen LogP contribution in [0.2, 0.25) is 5.02 Å². The summed E-state index contributed by atoms with van der Waals surface area (Å²) in [4.78, 5) is 36.4. The summed E-state index contributed by atoms with van der Waals surface area (Å²) < 4.78 is 23.2. The van der Waals surface area contributed by atoms with Crippen LogP contribution in [0.25, 0.3) is 11.0 Å². The molecule has 2 aromatic carbocycles. The van der Waals surface area contributed by atoms with Crippen LogP contribution in [-0.2, 0) is 9.53 Å². The van der Waals surface area contributed by atoms with Gasteiger partial charge in [-0.3, -0.25) is 4.79 Å². The lowest BCUT2D eigenvalue weighted by atomic mass is 10.2. The molecule has 0 saturated carbocycles. The second-order valence-corrected chi connectivity index (χ2v) is 6.05. The van der Waals surface area contributed by atoms with Crippen molar-refractivity contribution < 1.29 is 23.1 Å². The normalized spacial score (nSPS) is 11.8. The molecule has 1 amide bonds. The van der Waals surface area contributed by atoms with Crippen molar-refractivity contribution in [2.24, 2.45) is 0 Å². The Morgan fingerprint density at radius 1 is 1.19 bits per heavy atom. The monoisotopic (exact) mass is 389 g/mol. The van der Waals surface area contributed by atoms with E-state index in [0.717, 1.165) is 12.1 Å². The molecule has 0 unspecified atom stereocenters. The van der Waals surface area contributed by atoms with Gasteiger partial charge < -0.3 is 14.5 Å². The lowest BCUT2D eigenvalue weighted by Crippen LogP contribution is -2.31. The topological polar surface area (TPSA) is 85.6 Å². The number of para-hydroxylation sites is 1. The minimum Gasteiger partial charge on any atom is -0.449 e. The predicted molar refractivity (Wildman–Crippen MR) is 97.4 cm³/mol. The van der Waals surface area contributed by atoms with Crippen LogP contribution in [0, 0.1) is 5.82 Å². The second-order valence-electron chi connectivity index (χ2n) is 5.65. The third kappa shape index (κ3) is 4.15. The maximum Gasteiger partial charge on any atom is 0.351 e. The largest absolute Gasteiger partial charge is 0.449 e. The van der Waals surface area contributed by atoms with Crippen LogP contribution in [0.5, 0.6) is 0 Å². The number of nitrogens with one attached hydrogen (secondary N) is 1. The summed E-state index contributed by atoms with van der Waals surface area (Å²) in [6.45, 7) is 1.33. The number of ether oxygens (including phenoxy) is 1. The van der Waals surface area contributed by atoms with Crippen molar-refractivity contribution in [3.05, 3.63) is 75.4 Å². The van der Waals surface area contributed by atoms with E-state index in [9.17, 15) is 18.8 Å². The molecule has 27 heavy (non-hydrogen) atoms. The first-order valence-electron chi connectivity index (χ1n) is 7.85. The highest BCUT2D eigenvalue weighted by Crippen LogP contribution is 2.22. The number of benzene rings is 2. The maximum absolute atomic E-state index is 13.0. The van der Waals surface area contributed by atoms with Crippen LogP contribution >= 0.6 is 11.6 Å². The summed E-state index contributed by atoms with van der Waals surface area (Å²) in [5, 5.41) is 2.96. The van der Waals surface area contributed by atoms with E-state index in [4.69, 9.17) is 20.8 Å². The summed E-state index contributed by atoms with van der Waals surface area (Å²) in [5.74, 6) is -2.25. The van der Waals surface area contributed by atoms with E-state index in [0.29, 0.717) is 11.0 Å². The van der Waals surface area contributed by atoms with Gasteiger partial charge in [0.1, 0.15) is 17.0 Å². The van der Waals surface area contributed by atoms with E-state index in [1.807, 2.05) is 0 Å². The number of rotatable bonds is 4. The van der Waals surface area contributed by atoms with E-state index in [2.05, 4.69) is 5.32 Å². The molecule has 6 nitrogen and oxygen atoms in total. The highest BCUT2D eigenvalue weighted by molar-refractivity contribution is 6.33. The van der Waals surface area contributed by atoms with Crippen LogP contribution in [0.1, 0.15) is 17.3 Å². The number of esters is 1. The highest BCUT2D eigenvalue weighted by atomic mass is 35.5. The average molecular weight is 390 g/mol. The summed E-state index contributed by atoms with van der Waals surface area (Å²) in [6, 6.07) is 11.5. The lowest BCUT2D eigenvalue weighted by molar-refractivity contribution is -0.123. The molecule has 1 aromatic heterocycles. The third-order valence-electron chi connectivity index (χ3n) is 3.70. The number of carbonyl (C=O) groups excluding carboxylic acids is 2. The minimum absolute atomic E-state index is 0.00273. The molecular formula is C19H13ClFNO5. The maximum atomic E-state index is 13.0. The predicted octanol–water partition coefficient (Wildman–Crippen LogP) is 3.77. The van der Waals surface area contributed by atoms with Gasteiger partial charge in [-0.1, -0.05) is 29.8 Å². The van der Waals surface area contributed by atoms with Crippen molar-refractivity contribution in [2.45, 2.75) is 13.0 Å². The first-order valence-corrected chi connectivity index (χ1v) is 8.23. The Bertz CT molecular complexity index is 1090. The van der Waals surface area contributed by atoms with E-state index in [1.54, 1.807) is 24.3 Å². The zero-order valence-corrected chi connectivity index (χ0v) is 14.7. The third-order valence-corrected chi connectivity index (χ3v) is 4.02. The van der Waals surface area contributed by atoms with Crippen LogP contribution in [0.15, 0.2) is 57.7 Å². The summed E-state index contributed by atoms with van der Waals surface area (Å²) >= 11 is 5.84. The Morgan fingerprint density at radius 2 is 1.93 bits per heavy atom. The number of hydrogen-bond acceptors (Lipinski definition) is 5. The second kappa shape index (κ2) is 7.59. The lowest BCUT2D eigenvalue weighted by Gasteiger charge is -2.14. The number of hydrogen-bond donors (Lipinski definition) is 1. The summed E-state index contributed by atoms with van der Waals surface area (Å²) in [6.07, 6.45) is -1.23. The van der Waals surface area contributed by atoms with Crippen molar-refractivity contribution in [3.63, 3.8) is 0 Å². The molecule has 0 bridgehead atoms. The van der Waals surface area contributed by atoms with E-state index < -0.39 is 29.4 Å². The minimum atomic E-state index is -1.23. The first kappa shape index (κ1) is 18.6. The van der Waals surface area contributed by atoms with Gasteiger partial charge in [-0.25, -0.2) is 14.0 Å². The molecule has 0 aliphatic heterocycles. The summed E-state index contributed by atoms with van der Waals surface area (Å²) in [7, 11) is 0. The molecule has 0 saturated heterocycles. The zero-order valence-electron chi connectivity index (χ0n) is 14.0. The van der Waals surface area contributed by atoms with Gasteiger partial charge >= 0.3 is 11.6 Å². The molecule has 1 atom stereocenters. The smallest absolute Gasteiger partial charge is 0.351 e. The molecule has 8 heteroatoms. The Labute approximate surface area is 157 Å². The fourth-order valence-corrected chi connectivity index (χ4v) is 2.52. The summed E-state index contributed by atoms with van der Waals surface area (Å²) in [5.41, 5.74) is -0.701. The molecular weight excluding hydrogens is 377 g/mol. The Kier molecular flexibility index (Phi) is 5.23. The quantitative estimate of drug-likeness (QED) is 0.542. The fraction of sp³-hybridized carbons (Fsp3) is 0.105. The molecule has 138 valence electrons. The van der Waals surface area contributed by atoms with Crippen LogP contribution in [-0.4, -0.2) is 18.0 Å². The van der Waals surface area contributed by atoms with Gasteiger partial charge in [0, 0.05) is 5.39 Å². The number of amides is 1. The van der Waals surface area contributed by atoms with Crippen molar-refractivity contribution in [1.82, 2.24) is 0 Å². The highest BCUT2D eigenvalue weighted by Gasteiger charge is 2.22. The average Bonchev–Trinajstić information content (AvgIpc) is 2.63. The van der Waals surface area contributed by atoms with Gasteiger partial charge in [0.05, 0.1) is 10.7 Å². The SMILES string of the molecule is C[C@@H](OC(=O)c1cc2ccccc2oc1=O)C(=O)Nc1ccc(F)cc1Cl. The number of anilines is 1. The van der Waals surface area contributed by atoms with Gasteiger partial charge in [-0.05, 0) is 37.3 Å². The van der Waals surface area contributed by atoms with Crippen LogP contribution < -0.4 is 10.9 Å². The fourth-order valence-electron chi connectivity index (χ4n) is 2.31. The number of fused-ring (bicyclic) bond motifs is 1. The molecule has 3 aromatic rings. The molecule has 0 spiro atoms. The molecule has 1 heterocycles. The zero-order chi connectivity index (χ0) is 19.6. The first-order chi connectivity index (χ1) is 12.8. The van der Waals surface area contributed by atoms with E-state index in [-0.39, 0.29) is 16.3 Å². The molecule has 3 rings (SSSR count). The molecule has 0 radical (unpaired) electrons. The van der Waals surface area contributed by atoms with Gasteiger partial charge in [-0.15, -0.1) is 0 Å². The molecule has 0 aliphatic carbocycles. The molecule has 0 fully saturated rings. The van der Waals surface area contributed by atoms with E-state index >= 15 is 0 Å². The van der Waals surface area contributed by atoms with Gasteiger partial charge in [-0.2, -0.15) is 0 Å². The van der Waals surface area contributed by atoms with Gasteiger partial charge in [0.25, 0.3) is 5.91 Å². The number of carbonyl (C=O) groups is 2. The van der Waals surface area contributed by atoms with Crippen molar-refractivity contribution in [3.8, 4) is 0 Å². The Hall–Kier alpha value is -3.19. The van der Waals surface area contributed by atoms with Gasteiger partial charge in [0.15, 0.2) is 6.10 Å². The Balaban J connectivity index is 1.74. The standard InChI is InChI=1S/C19H13ClFNO5/c1-10(17(23)22-15-7-6-12(21)9-14(15)20)26-18(24)13-8-11-4-2-3-5-16(11)27-19(13)25/h2-10H,1H3,(H,22,23)/t10-/m1/s1.